The molecule has 42 heavy (non-hydrogen) atoms. The summed E-state index contributed by atoms with van der Waals surface area (Å²) in [5, 5.41) is 14.7. The largest absolute Gasteiger partial charge is 0.493 e. The Bertz CT molecular complexity index is 1800. The van der Waals surface area contributed by atoms with Gasteiger partial charge < -0.3 is 14.6 Å². The number of aliphatic carboxylic acids is 1. The number of carbonyl (C=O) groups is 1. The summed E-state index contributed by atoms with van der Waals surface area (Å²) in [5.41, 5.74) is 7.54. The summed E-state index contributed by atoms with van der Waals surface area (Å²) in [6, 6.07) is 20.3. The van der Waals surface area contributed by atoms with E-state index < -0.39 is 5.97 Å². The monoisotopic (exact) mass is 565 g/mol. The Hall–Kier alpha value is -4.72. The zero-order valence-electron chi connectivity index (χ0n) is 23.7. The lowest BCUT2D eigenvalue weighted by Crippen LogP contribution is -2.10. The summed E-state index contributed by atoms with van der Waals surface area (Å²) in [6.07, 6.45) is 3.49. The van der Waals surface area contributed by atoms with E-state index in [1.54, 1.807) is 10.6 Å². The number of hydrogen-bond acceptors (Lipinski definition) is 5. The van der Waals surface area contributed by atoms with Crippen LogP contribution in [0, 0.1) is 19.7 Å². The minimum Gasteiger partial charge on any atom is -0.493 e. The molecule has 0 spiro atoms. The van der Waals surface area contributed by atoms with Crippen molar-refractivity contribution >= 4 is 11.6 Å². The molecule has 0 radical (unpaired) electrons. The van der Waals surface area contributed by atoms with Gasteiger partial charge in [0.1, 0.15) is 17.3 Å². The number of benzene rings is 3. The Labute approximate surface area is 243 Å². The first kappa shape index (κ1) is 27.4. The van der Waals surface area contributed by atoms with E-state index in [0.29, 0.717) is 47.3 Å². The minimum atomic E-state index is -0.942. The molecule has 0 amide bonds. The van der Waals surface area contributed by atoms with E-state index in [2.05, 4.69) is 0 Å². The van der Waals surface area contributed by atoms with Crippen LogP contribution in [0.3, 0.4) is 0 Å². The maximum atomic E-state index is 14.2. The SMILES string of the molecule is Cc1ccc2cc1OCCCCCCOc1cc(F)ccc1-c1cccc(c1)-c1cc3nc(C)c(CC(=O)O)c-2n3n1. The van der Waals surface area contributed by atoms with Crippen molar-refractivity contribution in [3.8, 4) is 45.1 Å². The van der Waals surface area contributed by atoms with Gasteiger partial charge in [-0.15, -0.1) is 0 Å². The van der Waals surface area contributed by atoms with E-state index in [9.17, 15) is 14.3 Å². The number of halogens is 1. The molecule has 0 saturated heterocycles. The topological polar surface area (TPSA) is 86.0 Å². The molecule has 0 fully saturated rings. The number of carboxylic acid groups (broad SMARTS) is 1. The van der Waals surface area contributed by atoms with Crippen LogP contribution in [0.15, 0.2) is 66.7 Å². The highest BCUT2D eigenvalue weighted by molar-refractivity contribution is 5.80. The quantitative estimate of drug-likeness (QED) is 0.239. The molecule has 7 nitrogen and oxygen atoms in total. The molecule has 0 aliphatic carbocycles. The molecule has 6 rings (SSSR count). The van der Waals surface area contributed by atoms with Gasteiger partial charge in [0.25, 0.3) is 0 Å². The summed E-state index contributed by atoms with van der Waals surface area (Å²) in [5.74, 6) is -0.0241. The normalized spacial score (nSPS) is 13.7. The van der Waals surface area contributed by atoms with Gasteiger partial charge in [-0.1, -0.05) is 30.3 Å². The molecular formula is C34H32FN3O4. The lowest BCUT2D eigenvalue weighted by molar-refractivity contribution is -0.136. The third kappa shape index (κ3) is 5.57. The highest BCUT2D eigenvalue weighted by Gasteiger charge is 2.21. The Balaban J connectivity index is 1.55. The van der Waals surface area contributed by atoms with Gasteiger partial charge in [-0.05, 0) is 74.9 Å². The lowest BCUT2D eigenvalue weighted by Gasteiger charge is -2.16. The van der Waals surface area contributed by atoms with E-state index in [1.165, 1.54) is 12.1 Å². The molecule has 6 bridgehead atoms. The maximum absolute atomic E-state index is 14.2. The van der Waals surface area contributed by atoms with Crippen molar-refractivity contribution in [1.82, 2.24) is 14.6 Å². The first-order valence-corrected chi connectivity index (χ1v) is 14.3. The van der Waals surface area contributed by atoms with E-state index >= 15 is 0 Å². The molecule has 0 saturated carbocycles. The van der Waals surface area contributed by atoms with Crippen molar-refractivity contribution in [1.29, 1.82) is 0 Å². The van der Waals surface area contributed by atoms with E-state index in [-0.39, 0.29) is 12.2 Å². The van der Waals surface area contributed by atoms with Crippen molar-refractivity contribution in [2.24, 2.45) is 0 Å². The molecule has 3 aromatic carbocycles. The van der Waals surface area contributed by atoms with E-state index in [4.69, 9.17) is 19.6 Å². The fourth-order valence-corrected chi connectivity index (χ4v) is 5.48. The van der Waals surface area contributed by atoms with Gasteiger partial charge in [0.05, 0.1) is 31.0 Å². The molecule has 5 aromatic rings. The average molecular weight is 566 g/mol. The van der Waals surface area contributed by atoms with Crippen LogP contribution in [0.1, 0.15) is 42.5 Å². The Morgan fingerprint density at radius 2 is 1.64 bits per heavy atom. The Morgan fingerprint density at radius 1 is 0.881 bits per heavy atom. The molecular weight excluding hydrogens is 533 g/mol. The standard InChI is InChI=1S/C34H32FN3O4/c1-21-10-11-25-17-30(21)41-14-5-3-4-6-15-42-31-18-26(35)12-13-27(31)23-8-7-9-24(16-23)29-20-32-36-22(2)28(19-33(39)40)34(25)38(32)37-29/h7-13,16-18,20H,3-6,14-15,19H2,1-2H3,(H,39,40). The molecule has 2 aromatic heterocycles. The maximum Gasteiger partial charge on any atom is 0.307 e. The van der Waals surface area contributed by atoms with Crippen LogP contribution in [0.2, 0.25) is 0 Å². The van der Waals surface area contributed by atoms with Crippen molar-refractivity contribution in [2.45, 2.75) is 46.0 Å². The Morgan fingerprint density at radius 3 is 2.43 bits per heavy atom. The third-order valence-corrected chi connectivity index (χ3v) is 7.66. The molecule has 1 aliphatic rings. The number of nitrogens with zero attached hydrogens (tertiary/aromatic N) is 3. The lowest BCUT2D eigenvalue weighted by atomic mass is 10.0. The first-order valence-electron chi connectivity index (χ1n) is 14.3. The average Bonchev–Trinajstić information content (AvgIpc) is 3.39. The molecule has 0 atom stereocenters. The third-order valence-electron chi connectivity index (χ3n) is 7.66. The molecule has 1 aliphatic heterocycles. The van der Waals surface area contributed by atoms with Gasteiger partial charge in [0.2, 0.25) is 0 Å². The fourth-order valence-electron chi connectivity index (χ4n) is 5.48. The predicted molar refractivity (Wildman–Crippen MR) is 160 cm³/mol. The van der Waals surface area contributed by atoms with Crippen molar-refractivity contribution in [2.75, 3.05) is 13.2 Å². The Kier molecular flexibility index (Phi) is 7.61. The second-order valence-corrected chi connectivity index (χ2v) is 10.7. The van der Waals surface area contributed by atoms with Gasteiger partial charge in [0, 0.05) is 40.1 Å². The van der Waals surface area contributed by atoms with Gasteiger partial charge in [0.15, 0.2) is 5.65 Å². The zero-order valence-corrected chi connectivity index (χ0v) is 23.7. The van der Waals surface area contributed by atoms with E-state index in [0.717, 1.165) is 59.3 Å². The fraction of sp³-hybridized carbons (Fsp3) is 0.265. The summed E-state index contributed by atoms with van der Waals surface area (Å²) in [7, 11) is 0. The van der Waals surface area contributed by atoms with Gasteiger partial charge in [-0.25, -0.2) is 13.9 Å². The molecule has 214 valence electrons. The van der Waals surface area contributed by atoms with Crippen LogP contribution in [0.25, 0.3) is 39.3 Å². The van der Waals surface area contributed by atoms with Crippen molar-refractivity contribution in [3.63, 3.8) is 0 Å². The highest BCUT2D eigenvalue weighted by Crippen LogP contribution is 2.36. The van der Waals surface area contributed by atoms with E-state index in [1.807, 2.05) is 62.4 Å². The van der Waals surface area contributed by atoms with Crippen LogP contribution < -0.4 is 9.47 Å². The van der Waals surface area contributed by atoms with Crippen LogP contribution in [0.4, 0.5) is 4.39 Å². The number of fused-ring (bicyclic) bond motifs is 9. The summed E-state index contributed by atoms with van der Waals surface area (Å²) >= 11 is 0. The van der Waals surface area contributed by atoms with Crippen LogP contribution in [-0.4, -0.2) is 38.9 Å². The van der Waals surface area contributed by atoms with Crippen molar-refractivity contribution in [3.05, 3.63) is 89.4 Å². The summed E-state index contributed by atoms with van der Waals surface area (Å²) in [4.78, 5) is 16.7. The van der Waals surface area contributed by atoms with Crippen molar-refractivity contribution < 1.29 is 23.8 Å². The zero-order chi connectivity index (χ0) is 29.2. The number of rotatable bonds is 2. The summed E-state index contributed by atoms with van der Waals surface area (Å²) < 4.78 is 28.2. The number of ether oxygens (including phenoxy) is 2. The number of carboxylic acids is 1. The number of aryl methyl sites for hydroxylation is 2. The van der Waals surface area contributed by atoms with Gasteiger partial charge in [-0.2, -0.15) is 5.10 Å². The van der Waals surface area contributed by atoms with Crippen LogP contribution in [-0.2, 0) is 11.2 Å². The highest BCUT2D eigenvalue weighted by atomic mass is 19.1. The van der Waals surface area contributed by atoms with Crippen LogP contribution >= 0.6 is 0 Å². The molecule has 1 N–H and O–H groups in total. The molecule has 8 heteroatoms. The first-order chi connectivity index (χ1) is 20.4. The number of hydrogen-bond donors (Lipinski definition) is 1. The van der Waals surface area contributed by atoms with Gasteiger partial charge in [-0.3, -0.25) is 4.79 Å². The second-order valence-electron chi connectivity index (χ2n) is 10.7. The minimum absolute atomic E-state index is 0.188. The summed E-state index contributed by atoms with van der Waals surface area (Å²) in [6.45, 7) is 4.89. The second kappa shape index (κ2) is 11.6. The van der Waals surface area contributed by atoms with Crippen LogP contribution in [0.5, 0.6) is 11.5 Å². The number of aromatic nitrogens is 3. The smallest absolute Gasteiger partial charge is 0.307 e. The predicted octanol–water partition coefficient (Wildman–Crippen LogP) is 7.44. The van der Waals surface area contributed by atoms with Gasteiger partial charge >= 0.3 is 5.97 Å². The molecule has 0 unspecified atom stereocenters. The molecule has 3 heterocycles.